The van der Waals surface area contributed by atoms with Crippen LogP contribution in [0.15, 0.2) is 39.4 Å². The van der Waals surface area contributed by atoms with E-state index in [0.29, 0.717) is 11.6 Å². The average Bonchev–Trinajstić information content (AvgIpc) is 2.36. The molecular weight excluding hydrogens is 362 g/mol. The first-order valence-corrected chi connectivity index (χ1v) is 6.82. The third-order valence-corrected chi connectivity index (χ3v) is 3.83. The Balaban J connectivity index is 2.25. The van der Waals surface area contributed by atoms with Crippen LogP contribution >= 0.6 is 31.9 Å². The zero-order chi connectivity index (χ0) is 13.1. The van der Waals surface area contributed by atoms with E-state index < -0.39 is 0 Å². The number of aryl methyl sites for hydroxylation is 1. The average molecular weight is 373 g/mol. The fourth-order valence-electron chi connectivity index (χ4n) is 1.37. The molecule has 18 heavy (non-hydrogen) atoms. The molecule has 5 heteroatoms. The van der Waals surface area contributed by atoms with Crippen molar-refractivity contribution in [2.24, 2.45) is 0 Å². The standard InChI is InChI=1S/C13H11Br2NO2/c1-8-5-13(16-7-11(8)15)18-12-4-3-9(17-2)6-10(12)14/h3-7H,1-2H3. The molecule has 0 N–H and O–H groups in total. The topological polar surface area (TPSA) is 31.4 Å². The molecule has 94 valence electrons. The van der Waals surface area contributed by atoms with Crippen LogP contribution in [0.4, 0.5) is 0 Å². The zero-order valence-electron chi connectivity index (χ0n) is 9.91. The van der Waals surface area contributed by atoms with Crippen molar-refractivity contribution in [2.45, 2.75) is 6.92 Å². The number of ether oxygens (including phenoxy) is 2. The molecule has 0 atom stereocenters. The molecule has 2 aromatic rings. The highest BCUT2D eigenvalue weighted by Crippen LogP contribution is 2.32. The second-order valence-electron chi connectivity index (χ2n) is 3.67. The Morgan fingerprint density at radius 2 is 1.89 bits per heavy atom. The Morgan fingerprint density at radius 1 is 1.11 bits per heavy atom. The second kappa shape index (κ2) is 5.71. The van der Waals surface area contributed by atoms with Crippen LogP contribution in [0.2, 0.25) is 0 Å². The summed E-state index contributed by atoms with van der Waals surface area (Å²) in [5, 5.41) is 0. The Bertz CT molecular complexity index is 573. The number of benzene rings is 1. The molecule has 3 nitrogen and oxygen atoms in total. The van der Waals surface area contributed by atoms with Gasteiger partial charge < -0.3 is 9.47 Å². The largest absolute Gasteiger partial charge is 0.497 e. The molecule has 1 aromatic heterocycles. The number of hydrogen-bond donors (Lipinski definition) is 0. The summed E-state index contributed by atoms with van der Waals surface area (Å²) < 4.78 is 12.6. The van der Waals surface area contributed by atoms with Gasteiger partial charge in [0.05, 0.1) is 11.6 Å². The lowest BCUT2D eigenvalue weighted by molar-refractivity contribution is 0.411. The summed E-state index contributed by atoms with van der Waals surface area (Å²) in [7, 11) is 1.63. The molecule has 0 aliphatic carbocycles. The summed E-state index contributed by atoms with van der Waals surface area (Å²) >= 11 is 6.84. The monoisotopic (exact) mass is 371 g/mol. The summed E-state index contributed by atoms with van der Waals surface area (Å²) in [6.07, 6.45) is 1.72. The molecule has 0 bridgehead atoms. The van der Waals surface area contributed by atoms with E-state index in [2.05, 4.69) is 36.8 Å². The van der Waals surface area contributed by atoms with Crippen molar-refractivity contribution in [3.05, 3.63) is 45.0 Å². The quantitative estimate of drug-likeness (QED) is 0.781. The van der Waals surface area contributed by atoms with E-state index in [-0.39, 0.29) is 0 Å². The van der Waals surface area contributed by atoms with Gasteiger partial charge >= 0.3 is 0 Å². The van der Waals surface area contributed by atoms with E-state index in [0.717, 1.165) is 20.3 Å². The van der Waals surface area contributed by atoms with Crippen LogP contribution in [0.25, 0.3) is 0 Å². The van der Waals surface area contributed by atoms with E-state index in [1.54, 1.807) is 13.3 Å². The molecule has 1 heterocycles. The van der Waals surface area contributed by atoms with Crippen molar-refractivity contribution >= 4 is 31.9 Å². The molecule has 0 fully saturated rings. The minimum atomic E-state index is 0.557. The predicted molar refractivity (Wildman–Crippen MR) is 77.4 cm³/mol. The lowest BCUT2D eigenvalue weighted by Crippen LogP contribution is -1.91. The molecule has 0 unspecified atom stereocenters. The Kier molecular flexibility index (Phi) is 4.24. The van der Waals surface area contributed by atoms with Gasteiger partial charge in [-0.15, -0.1) is 0 Å². The number of aromatic nitrogens is 1. The third kappa shape index (κ3) is 3.03. The van der Waals surface area contributed by atoms with Crippen LogP contribution in [0.3, 0.4) is 0 Å². The number of pyridine rings is 1. The maximum Gasteiger partial charge on any atom is 0.219 e. The molecule has 0 amide bonds. The molecule has 0 saturated heterocycles. The predicted octanol–water partition coefficient (Wildman–Crippen LogP) is 4.72. The lowest BCUT2D eigenvalue weighted by Gasteiger charge is -2.09. The molecule has 0 radical (unpaired) electrons. The van der Waals surface area contributed by atoms with E-state index >= 15 is 0 Å². The fourth-order valence-corrected chi connectivity index (χ4v) is 2.03. The van der Waals surface area contributed by atoms with Crippen LogP contribution in [0.1, 0.15) is 5.56 Å². The summed E-state index contributed by atoms with van der Waals surface area (Å²) in [6.45, 7) is 1.99. The number of rotatable bonds is 3. The van der Waals surface area contributed by atoms with Gasteiger partial charge in [-0.25, -0.2) is 4.98 Å². The van der Waals surface area contributed by atoms with Gasteiger partial charge in [0.2, 0.25) is 5.88 Å². The molecular formula is C13H11Br2NO2. The first kappa shape index (κ1) is 13.4. The van der Waals surface area contributed by atoms with Crippen molar-refractivity contribution in [1.29, 1.82) is 0 Å². The minimum Gasteiger partial charge on any atom is -0.497 e. The van der Waals surface area contributed by atoms with Gasteiger partial charge in [-0.3, -0.25) is 0 Å². The van der Waals surface area contributed by atoms with Crippen molar-refractivity contribution in [3.8, 4) is 17.4 Å². The summed E-state index contributed by atoms with van der Waals surface area (Å²) in [5.74, 6) is 2.03. The van der Waals surface area contributed by atoms with Crippen LogP contribution in [-0.4, -0.2) is 12.1 Å². The van der Waals surface area contributed by atoms with Gasteiger partial charge in [0.25, 0.3) is 0 Å². The molecule has 0 aliphatic heterocycles. The van der Waals surface area contributed by atoms with E-state index in [9.17, 15) is 0 Å². The highest BCUT2D eigenvalue weighted by Gasteiger charge is 2.06. The van der Waals surface area contributed by atoms with Gasteiger partial charge in [-0.1, -0.05) is 0 Å². The molecule has 2 rings (SSSR count). The Hall–Kier alpha value is -1.07. The van der Waals surface area contributed by atoms with E-state index in [1.165, 1.54) is 0 Å². The molecule has 0 aliphatic rings. The van der Waals surface area contributed by atoms with Crippen LogP contribution in [0, 0.1) is 6.92 Å². The highest BCUT2D eigenvalue weighted by atomic mass is 79.9. The van der Waals surface area contributed by atoms with Gasteiger partial charge in [0.1, 0.15) is 11.5 Å². The third-order valence-electron chi connectivity index (χ3n) is 2.38. The van der Waals surface area contributed by atoms with Gasteiger partial charge in [-0.2, -0.15) is 0 Å². The minimum absolute atomic E-state index is 0.557. The van der Waals surface area contributed by atoms with Crippen molar-refractivity contribution in [1.82, 2.24) is 4.98 Å². The first-order chi connectivity index (χ1) is 8.60. The van der Waals surface area contributed by atoms with Crippen LogP contribution in [0.5, 0.6) is 17.4 Å². The first-order valence-electron chi connectivity index (χ1n) is 5.23. The van der Waals surface area contributed by atoms with Crippen LogP contribution < -0.4 is 9.47 Å². The molecule has 0 spiro atoms. The van der Waals surface area contributed by atoms with E-state index in [1.807, 2.05) is 31.2 Å². The maximum atomic E-state index is 5.71. The Morgan fingerprint density at radius 3 is 2.50 bits per heavy atom. The summed E-state index contributed by atoms with van der Waals surface area (Å²) in [5.41, 5.74) is 1.07. The number of nitrogens with zero attached hydrogens (tertiary/aromatic N) is 1. The van der Waals surface area contributed by atoms with Crippen molar-refractivity contribution in [2.75, 3.05) is 7.11 Å². The van der Waals surface area contributed by atoms with Crippen molar-refractivity contribution < 1.29 is 9.47 Å². The van der Waals surface area contributed by atoms with E-state index in [4.69, 9.17) is 9.47 Å². The summed E-state index contributed by atoms with van der Waals surface area (Å²) in [4.78, 5) is 4.20. The Labute approximate surface area is 122 Å². The summed E-state index contributed by atoms with van der Waals surface area (Å²) in [6, 6.07) is 7.40. The number of hydrogen-bond acceptors (Lipinski definition) is 3. The normalized spacial score (nSPS) is 10.2. The van der Waals surface area contributed by atoms with Crippen molar-refractivity contribution in [3.63, 3.8) is 0 Å². The maximum absolute atomic E-state index is 5.71. The smallest absolute Gasteiger partial charge is 0.219 e. The number of methoxy groups -OCH3 is 1. The van der Waals surface area contributed by atoms with Gasteiger partial charge in [-0.05, 0) is 62.5 Å². The second-order valence-corrected chi connectivity index (χ2v) is 5.38. The zero-order valence-corrected chi connectivity index (χ0v) is 13.1. The van der Waals surface area contributed by atoms with Gasteiger partial charge in [0, 0.05) is 16.7 Å². The number of halogens is 2. The molecule has 1 aromatic carbocycles. The highest BCUT2D eigenvalue weighted by molar-refractivity contribution is 9.10. The van der Waals surface area contributed by atoms with Gasteiger partial charge in [0.15, 0.2) is 0 Å². The fraction of sp³-hybridized carbons (Fsp3) is 0.154. The SMILES string of the molecule is COc1ccc(Oc2cc(C)c(Br)cn2)c(Br)c1. The van der Waals surface area contributed by atoms with Crippen LogP contribution in [-0.2, 0) is 0 Å². The molecule has 0 saturated carbocycles. The lowest BCUT2D eigenvalue weighted by atomic mass is 10.3.